The smallest absolute Gasteiger partial charge is 0.161 e. The minimum atomic E-state index is -0.593. The molecule has 0 saturated carbocycles. The maximum absolute atomic E-state index is 13.1. The third kappa shape index (κ3) is 2.56. The number of benzene rings is 1. The minimum absolute atomic E-state index is 0.00796. The van der Waals surface area contributed by atoms with Crippen LogP contribution >= 0.6 is 35.0 Å². The third-order valence-electron chi connectivity index (χ3n) is 1.82. The van der Waals surface area contributed by atoms with Crippen LogP contribution in [0.3, 0.4) is 0 Å². The highest BCUT2D eigenvalue weighted by atomic mass is 35.5. The summed E-state index contributed by atoms with van der Waals surface area (Å²) in [6.45, 7) is 0.801. The van der Waals surface area contributed by atoms with Crippen molar-refractivity contribution in [3.05, 3.63) is 28.0 Å². The van der Waals surface area contributed by atoms with Crippen molar-refractivity contribution in [2.75, 3.05) is 17.6 Å². The molecule has 0 spiro atoms. The molecule has 1 N–H and O–H groups in total. The standard InChI is InChI=1S/C9H7Cl2FN2S/c10-6-3-5(4-7(11)8(6)12)14-9-13-1-2-15-9/h3-4H,1-2H2,(H,13,14). The molecule has 2 nitrogen and oxygen atoms in total. The Bertz CT molecular complexity index is 400. The largest absolute Gasteiger partial charge is 0.335 e. The number of aliphatic imine (C=N–C) groups is 1. The molecule has 0 bridgehead atoms. The summed E-state index contributed by atoms with van der Waals surface area (Å²) in [5.41, 5.74) is 0.652. The molecule has 0 radical (unpaired) electrons. The number of rotatable bonds is 1. The fraction of sp³-hybridized carbons (Fsp3) is 0.222. The van der Waals surface area contributed by atoms with E-state index in [1.807, 2.05) is 0 Å². The number of nitrogens with one attached hydrogen (secondary N) is 1. The van der Waals surface area contributed by atoms with E-state index in [1.54, 1.807) is 11.8 Å². The lowest BCUT2D eigenvalue weighted by molar-refractivity contribution is 0.629. The molecular weight excluding hydrogens is 258 g/mol. The summed E-state index contributed by atoms with van der Waals surface area (Å²) < 4.78 is 13.1. The van der Waals surface area contributed by atoms with Gasteiger partial charge in [0.25, 0.3) is 0 Å². The fourth-order valence-electron chi connectivity index (χ4n) is 1.16. The van der Waals surface area contributed by atoms with Crippen LogP contribution in [0.25, 0.3) is 0 Å². The molecule has 0 unspecified atom stereocenters. The summed E-state index contributed by atoms with van der Waals surface area (Å²) >= 11 is 12.9. The lowest BCUT2D eigenvalue weighted by Gasteiger charge is -2.06. The van der Waals surface area contributed by atoms with Gasteiger partial charge < -0.3 is 5.32 Å². The summed E-state index contributed by atoms with van der Waals surface area (Å²) in [7, 11) is 0. The first kappa shape index (κ1) is 11.0. The molecule has 0 atom stereocenters. The molecule has 15 heavy (non-hydrogen) atoms. The highest BCUT2D eigenvalue weighted by Crippen LogP contribution is 2.28. The van der Waals surface area contributed by atoms with Crippen LogP contribution in [0.5, 0.6) is 0 Å². The third-order valence-corrected chi connectivity index (χ3v) is 3.26. The van der Waals surface area contributed by atoms with Crippen molar-refractivity contribution < 1.29 is 4.39 Å². The number of hydrogen-bond acceptors (Lipinski definition) is 3. The zero-order valence-electron chi connectivity index (χ0n) is 7.56. The average Bonchev–Trinajstić information content (AvgIpc) is 2.66. The van der Waals surface area contributed by atoms with E-state index in [9.17, 15) is 4.39 Å². The van der Waals surface area contributed by atoms with E-state index in [1.165, 1.54) is 12.1 Å². The van der Waals surface area contributed by atoms with Gasteiger partial charge in [-0.15, -0.1) is 0 Å². The molecular formula is C9H7Cl2FN2S. The van der Waals surface area contributed by atoms with Crippen LogP contribution in [0, 0.1) is 5.82 Å². The molecule has 1 aromatic carbocycles. The van der Waals surface area contributed by atoms with Crippen LogP contribution in [0.1, 0.15) is 0 Å². The second-order valence-corrected chi connectivity index (χ2v) is 4.81. The van der Waals surface area contributed by atoms with Crippen molar-refractivity contribution >= 4 is 45.8 Å². The number of amidine groups is 1. The Morgan fingerprint density at radius 2 is 2.00 bits per heavy atom. The molecule has 0 aliphatic carbocycles. The summed E-state index contributed by atoms with van der Waals surface area (Å²) in [5, 5.41) is 3.86. The quantitative estimate of drug-likeness (QED) is 0.784. The topological polar surface area (TPSA) is 24.4 Å². The number of thioether (sulfide) groups is 1. The van der Waals surface area contributed by atoms with Crippen molar-refractivity contribution in [1.29, 1.82) is 0 Å². The summed E-state index contributed by atoms with van der Waals surface area (Å²) in [4.78, 5) is 4.20. The number of hydrogen-bond donors (Lipinski definition) is 1. The Kier molecular flexibility index (Phi) is 3.38. The second kappa shape index (κ2) is 4.60. The number of anilines is 1. The Labute approximate surface area is 101 Å². The van der Waals surface area contributed by atoms with E-state index in [2.05, 4.69) is 10.3 Å². The van der Waals surface area contributed by atoms with Gasteiger partial charge in [0.05, 0.1) is 16.6 Å². The van der Waals surface area contributed by atoms with Gasteiger partial charge in [0.2, 0.25) is 0 Å². The maximum Gasteiger partial charge on any atom is 0.161 e. The van der Waals surface area contributed by atoms with Crippen LogP contribution in [0.4, 0.5) is 10.1 Å². The number of halogens is 3. The summed E-state index contributed by atoms with van der Waals surface area (Å²) in [6.07, 6.45) is 0. The lowest BCUT2D eigenvalue weighted by Crippen LogP contribution is -2.05. The van der Waals surface area contributed by atoms with E-state index < -0.39 is 5.82 Å². The first-order valence-electron chi connectivity index (χ1n) is 4.25. The van der Waals surface area contributed by atoms with Gasteiger partial charge in [-0.3, -0.25) is 4.99 Å². The zero-order valence-corrected chi connectivity index (χ0v) is 9.89. The molecule has 6 heteroatoms. The van der Waals surface area contributed by atoms with Crippen LogP contribution in [-0.2, 0) is 0 Å². The monoisotopic (exact) mass is 264 g/mol. The highest BCUT2D eigenvalue weighted by molar-refractivity contribution is 8.14. The van der Waals surface area contributed by atoms with Crippen molar-refractivity contribution in [1.82, 2.24) is 0 Å². The first-order chi connectivity index (χ1) is 7.16. The molecule has 1 heterocycles. The predicted molar refractivity (Wildman–Crippen MR) is 64.8 cm³/mol. The lowest BCUT2D eigenvalue weighted by atomic mass is 10.3. The summed E-state index contributed by atoms with van der Waals surface area (Å²) in [5.74, 6) is 0.371. The van der Waals surface area contributed by atoms with Crippen LogP contribution in [0.15, 0.2) is 17.1 Å². The molecule has 2 rings (SSSR count). The van der Waals surface area contributed by atoms with Gasteiger partial charge in [0.15, 0.2) is 11.0 Å². The molecule has 0 saturated heterocycles. The maximum atomic E-state index is 13.1. The van der Waals surface area contributed by atoms with Gasteiger partial charge in [0.1, 0.15) is 0 Å². The molecule has 1 aliphatic rings. The zero-order chi connectivity index (χ0) is 10.8. The predicted octanol–water partition coefficient (Wildman–Crippen LogP) is 3.65. The molecule has 0 amide bonds. The first-order valence-corrected chi connectivity index (χ1v) is 6.00. The molecule has 80 valence electrons. The molecule has 1 aliphatic heterocycles. The molecule has 0 fully saturated rings. The van der Waals surface area contributed by atoms with E-state index in [0.29, 0.717) is 5.69 Å². The molecule has 1 aromatic rings. The average molecular weight is 265 g/mol. The molecule has 0 aromatic heterocycles. The van der Waals surface area contributed by atoms with Crippen LogP contribution in [0.2, 0.25) is 10.0 Å². The van der Waals surface area contributed by atoms with Crippen molar-refractivity contribution in [3.63, 3.8) is 0 Å². The van der Waals surface area contributed by atoms with E-state index in [0.717, 1.165) is 17.5 Å². The van der Waals surface area contributed by atoms with Gasteiger partial charge >= 0.3 is 0 Å². The van der Waals surface area contributed by atoms with Gasteiger partial charge in [-0.25, -0.2) is 4.39 Å². The van der Waals surface area contributed by atoms with Gasteiger partial charge in [0, 0.05) is 11.4 Å². The van der Waals surface area contributed by atoms with Gasteiger partial charge in [-0.2, -0.15) is 0 Å². The Hall–Kier alpha value is -0.450. The van der Waals surface area contributed by atoms with Crippen LogP contribution in [-0.4, -0.2) is 17.5 Å². The fourth-order valence-corrected chi connectivity index (χ4v) is 2.40. The number of nitrogens with zero attached hydrogens (tertiary/aromatic N) is 1. The van der Waals surface area contributed by atoms with Crippen molar-refractivity contribution in [2.45, 2.75) is 0 Å². The highest BCUT2D eigenvalue weighted by Gasteiger charge is 2.11. The van der Waals surface area contributed by atoms with E-state index in [4.69, 9.17) is 23.2 Å². The van der Waals surface area contributed by atoms with E-state index >= 15 is 0 Å². The summed E-state index contributed by atoms with van der Waals surface area (Å²) in [6, 6.07) is 2.98. The van der Waals surface area contributed by atoms with E-state index in [-0.39, 0.29) is 10.0 Å². The SMILES string of the molecule is Fc1c(Cl)cc(NC2=NCCS2)cc1Cl. The Morgan fingerprint density at radius 3 is 2.53 bits per heavy atom. The van der Waals surface area contributed by atoms with Crippen LogP contribution < -0.4 is 5.32 Å². The van der Waals surface area contributed by atoms with Crippen molar-refractivity contribution in [3.8, 4) is 0 Å². The Morgan fingerprint density at radius 1 is 1.33 bits per heavy atom. The van der Waals surface area contributed by atoms with Gasteiger partial charge in [-0.1, -0.05) is 35.0 Å². The Balaban J connectivity index is 2.22. The minimum Gasteiger partial charge on any atom is -0.335 e. The van der Waals surface area contributed by atoms with Gasteiger partial charge in [-0.05, 0) is 12.1 Å². The normalized spacial score (nSPS) is 15.3. The second-order valence-electron chi connectivity index (χ2n) is 2.91. The van der Waals surface area contributed by atoms with Crippen molar-refractivity contribution in [2.24, 2.45) is 4.99 Å².